The van der Waals surface area contributed by atoms with Gasteiger partial charge in [-0.05, 0) is 6.92 Å². The predicted octanol–water partition coefficient (Wildman–Crippen LogP) is -18.4. The zero-order chi connectivity index (χ0) is 17.8. The normalized spacial score (nSPS) is 7.64. The van der Waals surface area contributed by atoms with Crippen molar-refractivity contribution in [3.63, 3.8) is 0 Å². The van der Waals surface area contributed by atoms with Gasteiger partial charge in [-0.3, -0.25) is 4.79 Å². The van der Waals surface area contributed by atoms with Gasteiger partial charge in [0, 0.05) is 37.7 Å². The molecule has 0 bridgehead atoms. The molecule has 0 aromatic rings. The molecule has 0 aliphatic heterocycles. The molecule has 0 heterocycles. The van der Waals surface area contributed by atoms with E-state index in [9.17, 15) is 29.7 Å². The van der Waals surface area contributed by atoms with E-state index >= 15 is 0 Å². The summed E-state index contributed by atoms with van der Waals surface area (Å²) in [5.41, 5.74) is -2.97. The maximum absolute atomic E-state index is 10.1. The van der Waals surface area contributed by atoms with Crippen molar-refractivity contribution in [1.29, 1.82) is 0 Å². The molecule has 0 rings (SSSR count). The third-order valence-corrected chi connectivity index (χ3v) is 1.25. The van der Waals surface area contributed by atoms with Crippen LogP contribution >= 0.6 is 0 Å². The fourth-order valence-electron chi connectivity index (χ4n) is 0.684. The summed E-state index contributed by atoms with van der Waals surface area (Å²) in [6, 6.07) is 0. The Labute approximate surface area is 252 Å². The van der Waals surface area contributed by atoms with Crippen LogP contribution in [0.25, 0.3) is 0 Å². The van der Waals surface area contributed by atoms with Crippen LogP contribution in [0.2, 0.25) is 0 Å². The van der Waals surface area contributed by atoms with E-state index in [2.05, 4.69) is 0 Å². The molecule has 122 valence electrons. The Morgan fingerprint density at radius 1 is 0.800 bits per heavy atom. The van der Waals surface area contributed by atoms with Gasteiger partial charge < -0.3 is 49.8 Å². The van der Waals surface area contributed by atoms with Crippen LogP contribution in [0.5, 0.6) is 0 Å². The van der Waals surface area contributed by atoms with Gasteiger partial charge in [-0.1, -0.05) is 0 Å². The third-order valence-electron chi connectivity index (χ3n) is 1.25. The first kappa shape index (κ1) is 45.6. The van der Waals surface area contributed by atoms with Gasteiger partial charge in [-0.2, -0.15) is 0 Å². The Kier molecular flexibility index (Phi) is 47.3. The molecular weight excluding hydrogens is 404 g/mol. The molecule has 2 N–H and O–H groups in total. The molecule has 0 saturated heterocycles. The predicted molar refractivity (Wildman–Crippen MR) is 53.2 cm³/mol. The van der Waals surface area contributed by atoms with Crippen LogP contribution in [0.1, 0.15) is 26.7 Å². The first-order valence-electron chi connectivity index (χ1n) is 4.95. The number of aliphatic carboxylic acids is 5. The minimum absolute atomic E-state index is 0. The minimum atomic E-state index is -2.97. The second-order valence-electron chi connectivity index (χ2n) is 3.43. The van der Waals surface area contributed by atoms with Crippen molar-refractivity contribution in [3.8, 4) is 0 Å². The first-order valence-corrected chi connectivity index (χ1v) is 4.95. The van der Waals surface area contributed by atoms with Crippen LogP contribution < -0.4 is 160 Å². The molecule has 0 aromatic carbocycles. The molecule has 0 radical (unpaired) electrons. The number of carboxylic acids is 5. The molecule has 0 aromatic heterocycles. The second-order valence-corrected chi connectivity index (χ2v) is 3.43. The minimum Gasteiger partial charge on any atom is -0.550 e. The van der Waals surface area contributed by atoms with E-state index in [4.69, 9.17) is 24.9 Å². The Balaban J connectivity index is -0.0000000463. The van der Waals surface area contributed by atoms with Crippen molar-refractivity contribution in [2.75, 3.05) is 0 Å². The number of hydrogen-bond donors (Lipinski definition) is 2. The average Bonchev–Trinajstić information content (AvgIpc) is 2.11. The van der Waals surface area contributed by atoms with Crippen molar-refractivity contribution in [2.45, 2.75) is 32.3 Å². The molecule has 0 amide bonds. The van der Waals surface area contributed by atoms with Gasteiger partial charge in [0.05, 0.1) is 5.97 Å². The molecule has 0 unspecified atom stereocenters. The summed E-state index contributed by atoms with van der Waals surface area (Å²) in [7, 11) is 0. The molecule has 0 aliphatic rings. The summed E-state index contributed by atoms with van der Waals surface area (Å²) in [5.74, 6) is -7.90. The maximum atomic E-state index is 10.1. The number of rotatable bonds is 5. The van der Waals surface area contributed by atoms with Crippen molar-refractivity contribution in [2.24, 2.45) is 0 Å². The summed E-state index contributed by atoms with van der Waals surface area (Å²) in [5, 5.41) is 55.2. The number of carboxylic acid groups (broad SMARTS) is 5. The van der Waals surface area contributed by atoms with Crippen LogP contribution in [0.15, 0.2) is 0 Å². The van der Waals surface area contributed by atoms with Gasteiger partial charge in [-0.25, -0.2) is 0 Å². The molecule has 0 fully saturated rings. The Hall–Kier alpha value is 1.95. The molecule has 0 atom stereocenters. The number of carbonyl (C=O) groups is 5. The van der Waals surface area contributed by atoms with Gasteiger partial charge in [-0.15, -0.1) is 0 Å². The summed E-state index contributed by atoms with van der Waals surface area (Å²) >= 11 is 0. The summed E-state index contributed by atoms with van der Waals surface area (Å²) in [6.45, 7) is 2.06. The van der Waals surface area contributed by atoms with Crippen molar-refractivity contribution >= 4 is 29.8 Å². The summed E-state index contributed by atoms with van der Waals surface area (Å²) in [4.78, 5) is 47.9. The fraction of sp³-hybridized carbons (Fsp3) is 0.500. The molecule has 0 aliphatic carbocycles. The zero-order valence-electron chi connectivity index (χ0n) is 15.0. The van der Waals surface area contributed by atoms with E-state index < -0.39 is 48.3 Å². The fourth-order valence-corrected chi connectivity index (χ4v) is 0.684. The second kappa shape index (κ2) is 25.9. The van der Waals surface area contributed by atoms with Crippen molar-refractivity contribution in [1.82, 2.24) is 0 Å². The summed E-state index contributed by atoms with van der Waals surface area (Å²) < 4.78 is 0. The number of carbonyl (C=O) groups excluding carboxylic acids is 4. The maximum Gasteiger partial charge on any atom is 1.00 e. The van der Waals surface area contributed by atoms with Gasteiger partial charge in [0.25, 0.3) is 5.97 Å². The Morgan fingerprint density at radius 2 is 0.960 bits per heavy atom. The van der Waals surface area contributed by atoms with Gasteiger partial charge >= 0.3 is 140 Å². The van der Waals surface area contributed by atoms with Crippen LogP contribution in [0.3, 0.4) is 0 Å². The number of aliphatic hydroxyl groups is 1. The molecular formula is C10H12KNa3O11. The Bertz CT molecular complexity index is 381. The van der Waals surface area contributed by atoms with E-state index in [1.54, 1.807) is 0 Å². The molecule has 0 spiro atoms. The van der Waals surface area contributed by atoms with Crippen LogP contribution in [0, 0.1) is 0 Å². The third kappa shape index (κ3) is 46.2. The molecule has 0 saturated carbocycles. The van der Waals surface area contributed by atoms with Gasteiger partial charge in [0.2, 0.25) is 0 Å². The zero-order valence-corrected chi connectivity index (χ0v) is 24.1. The standard InChI is InChI=1S/C6H8O7.2C2H4O2.K.3Na/c7-3(8)1-6(13,5(11)12)2-4(9)10;2*1-2(3)4;;;;/h13H,1-2H2,(H,7,8)(H,9,10)(H,11,12);2*1H3,(H,3,4);;;;/q;;;4*+1/p-4. The van der Waals surface area contributed by atoms with Gasteiger partial charge in [0.1, 0.15) is 5.60 Å². The largest absolute Gasteiger partial charge is 1.00 e. The Morgan fingerprint density at radius 3 is 1.04 bits per heavy atom. The van der Waals surface area contributed by atoms with E-state index in [-0.39, 0.29) is 140 Å². The van der Waals surface area contributed by atoms with Gasteiger partial charge in [0.15, 0.2) is 0 Å². The van der Waals surface area contributed by atoms with E-state index in [0.29, 0.717) is 0 Å². The SMILES string of the molecule is CC(=O)O.CC(=O)[O-].O=C([O-])CC(O)(CC(=O)[O-])C(=O)[O-].[K+].[Na+].[Na+].[Na+]. The molecule has 25 heavy (non-hydrogen) atoms. The summed E-state index contributed by atoms with van der Waals surface area (Å²) in [6.07, 6.45) is -2.72. The van der Waals surface area contributed by atoms with Crippen molar-refractivity contribution in [3.05, 3.63) is 0 Å². The van der Waals surface area contributed by atoms with E-state index in [1.165, 1.54) is 0 Å². The van der Waals surface area contributed by atoms with Crippen LogP contribution in [-0.4, -0.2) is 45.7 Å². The van der Waals surface area contributed by atoms with E-state index in [1.807, 2.05) is 0 Å². The van der Waals surface area contributed by atoms with Crippen LogP contribution in [-0.2, 0) is 24.0 Å². The molecule has 11 nitrogen and oxygen atoms in total. The van der Waals surface area contributed by atoms with Crippen LogP contribution in [0.4, 0.5) is 0 Å². The quantitative estimate of drug-likeness (QED) is 0.401. The number of hydrogen-bond acceptors (Lipinski definition) is 10. The average molecular weight is 416 g/mol. The topological polar surface area (TPSA) is 218 Å². The van der Waals surface area contributed by atoms with E-state index in [0.717, 1.165) is 13.8 Å². The monoisotopic (exact) mass is 416 g/mol. The molecule has 15 heteroatoms. The smallest absolute Gasteiger partial charge is 0.550 e. The van der Waals surface area contributed by atoms with Crippen molar-refractivity contribution < 1.29 is 195 Å². The first-order chi connectivity index (χ1) is 9.24.